The monoisotopic (exact) mass is 483 g/mol. The summed E-state index contributed by atoms with van der Waals surface area (Å²) in [5, 5.41) is 0. The van der Waals surface area contributed by atoms with Crippen LogP contribution in [0, 0.1) is 20.8 Å². The summed E-state index contributed by atoms with van der Waals surface area (Å²) in [5.41, 5.74) is 8.65. The first-order chi connectivity index (χ1) is 16.5. The van der Waals surface area contributed by atoms with Gasteiger partial charge in [-0.05, 0) is 73.1 Å². The van der Waals surface area contributed by atoms with Gasteiger partial charge in [-0.25, -0.2) is 4.98 Å². The average molecular weight is 484 g/mol. The number of hydrogen-bond acceptors (Lipinski definition) is 3. The molecule has 1 fully saturated rings. The average Bonchev–Trinajstić information content (AvgIpc) is 3.49. The van der Waals surface area contributed by atoms with Crippen LogP contribution in [-0.2, 0) is 5.41 Å². The number of carbonyl (C=O) groups excluding carboxylic acids is 1. The summed E-state index contributed by atoms with van der Waals surface area (Å²) >= 11 is 1.68. The molecule has 0 saturated carbocycles. The Labute approximate surface area is 211 Å². The van der Waals surface area contributed by atoms with E-state index in [9.17, 15) is 4.79 Å². The van der Waals surface area contributed by atoms with Crippen LogP contribution in [0.2, 0.25) is 0 Å². The first-order valence-electron chi connectivity index (χ1n) is 12.2. The van der Waals surface area contributed by atoms with E-state index in [1.807, 2.05) is 11.0 Å². The quantitative estimate of drug-likeness (QED) is 0.304. The molecule has 3 heterocycles. The topological polar surface area (TPSA) is 49.0 Å². The van der Waals surface area contributed by atoms with Gasteiger partial charge in [-0.3, -0.25) is 4.79 Å². The lowest BCUT2D eigenvalue weighted by molar-refractivity contribution is 0.0734. The highest BCUT2D eigenvalue weighted by Crippen LogP contribution is 2.39. The van der Waals surface area contributed by atoms with Crippen LogP contribution in [0.3, 0.4) is 0 Å². The zero-order valence-electron chi connectivity index (χ0n) is 21.5. The Balaban J connectivity index is 1.52. The molecule has 1 atom stereocenters. The van der Waals surface area contributed by atoms with Gasteiger partial charge in [-0.2, -0.15) is 0 Å². The molecule has 180 valence electrons. The van der Waals surface area contributed by atoms with E-state index in [0.29, 0.717) is 6.54 Å². The Bertz CT molecular complexity index is 1470. The first-order valence-corrected chi connectivity index (χ1v) is 13.0. The van der Waals surface area contributed by atoms with Crippen molar-refractivity contribution in [2.24, 2.45) is 0 Å². The van der Waals surface area contributed by atoms with Crippen molar-refractivity contribution in [1.29, 1.82) is 0 Å². The van der Waals surface area contributed by atoms with Crippen LogP contribution in [0.25, 0.3) is 21.5 Å². The number of thiophene rings is 1. The maximum atomic E-state index is 14.0. The summed E-state index contributed by atoms with van der Waals surface area (Å²) < 4.78 is 0. The molecule has 5 heteroatoms. The number of likely N-dealkylation sites (tertiary alicyclic amines) is 1. The third kappa shape index (κ3) is 4.34. The minimum Gasteiger partial charge on any atom is -0.340 e. The highest BCUT2D eigenvalue weighted by Gasteiger charge is 2.36. The summed E-state index contributed by atoms with van der Waals surface area (Å²) in [5.74, 6) is 0.875. The predicted molar refractivity (Wildman–Crippen MR) is 146 cm³/mol. The second-order valence-corrected chi connectivity index (χ2v) is 12.2. The van der Waals surface area contributed by atoms with Crippen LogP contribution in [-0.4, -0.2) is 27.3 Å². The molecule has 2 aromatic heterocycles. The Hall–Kier alpha value is -3.18. The number of hydrogen-bond donors (Lipinski definition) is 1. The molecule has 4 aromatic rings. The molecule has 1 aliphatic heterocycles. The number of aromatic nitrogens is 2. The van der Waals surface area contributed by atoms with E-state index in [-0.39, 0.29) is 17.4 Å². The van der Waals surface area contributed by atoms with E-state index in [1.54, 1.807) is 11.3 Å². The zero-order valence-corrected chi connectivity index (χ0v) is 22.3. The Kier molecular flexibility index (Phi) is 5.71. The number of rotatable bonds is 3. The number of carbonyl (C=O) groups is 1. The molecule has 0 spiro atoms. The summed E-state index contributed by atoms with van der Waals surface area (Å²) in [6, 6.07) is 14.7. The number of imidazole rings is 1. The molecule has 1 amide bonds. The van der Waals surface area contributed by atoms with Gasteiger partial charge in [0.15, 0.2) is 0 Å². The fraction of sp³-hybridized carbons (Fsp3) is 0.333. The lowest BCUT2D eigenvalue weighted by Gasteiger charge is -2.23. The molecule has 1 unspecified atom stereocenters. The SMILES string of the molecule is C=C1CC(c2nc3cc(C(C)(C)C)ccc3[nH]2)N(C(=O)c2cc(C)sc2-c2ccc(C)c(C)c2)C1. The van der Waals surface area contributed by atoms with Gasteiger partial charge in [0, 0.05) is 16.3 Å². The van der Waals surface area contributed by atoms with Gasteiger partial charge in [-0.1, -0.05) is 57.2 Å². The van der Waals surface area contributed by atoms with E-state index >= 15 is 0 Å². The third-order valence-corrected chi connectivity index (χ3v) is 8.15. The Morgan fingerprint density at radius 3 is 2.57 bits per heavy atom. The summed E-state index contributed by atoms with van der Waals surface area (Å²) in [7, 11) is 0. The summed E-state index contributed by atoms with van der Waals surface area (Å²) in [6.07, 6.45) is 0.722. The number of H-pyrrole nitrogens is 1. The van der Waals surface area contributed by atoms with Crippen LogP contribution in [0.5, 0.6) is 0 Å². The van der Waals surface area contributed by atoms with Gasteiger partial charge in [0.25, 0.3) is 5.91 Å². The van der Waals surface area contributed by atoms with Gasteiger partial charge in [0.1, 0.15) is 5.82 Å². The van der Waals surface area contributed by atoms with Crippen molar-refractivity contribution < 1.29 is 4.79 Å². The molecule has 4 nitrogen and oxygen atoms in total. The maximum Gasteiger partial charge on any atom is 0.256 e. The predicted octanol–water partition coefficient (Wildman–Crippen LogP) is 7.66. The van der Waals surface area contributed by atoms with E-state index in [1.165, 1.54) is 16.7 Å². The van der Waals surface area contributed by atoms with Gasteiger partial charge in [0.2, 0.25) is 0 Å². The van der Waals surface area contributed by atoms with E-state index in [0.717, 1.165) is 49.7 Å². The minimum absolute atomic E-state index is 0.0436. The van der Waals surface area contributed by atoms with Crippen molar-refractivity contribution in [3.05, 3.63) is 87.6 Å². The van der Waals surface area contributed by atoms with Gasteiger partial charge >= 0.3 is 0 Å². The number of benzene rings is 2. The number of aromatic amines is 1. The number of aryl methyl sites for hydroxylation is 3. The number of nitrogens with zero attached hydrogens (tertiary/aromatic N) is 2. The molecule has 1 saturated heterocycles. The van der Waals surface area contributed by atoms with Crippen LogP contribution in [0.4, 0.5) is 0 Å². The molecule has 1 aliphatic rings. The lowest BCUT2D eigenvalue weighted by Crippen LogP contribution is -2.31. The third-order valence-electron chi connectivity index (χ3n) is 7.05. The van der Waals surface area contributed by atoms with Crippen LogP contribution in [0.1, 0.15) is 71.0 Å². The summed E-state index contributed by atoms with van der Waals surface area (Å²) in [6.45, 7) is 17.7. The molecule has 1 N–H and O–H groups in total. The fourth-order valence-electron chi connectivity index (χ4n) is 4.83. The second kappa shape index (κ2) is 8.49. The summed E-state index contributed by atoms with van der Waals surface area (Å²) in [4.78, 5) is 26.5. The molecular weight excluding hydrogens is 450 g/mol. The smallest absolute Gasteiger partial charge is 0.256 e. The first kappa shape index (κ1) is 23.6. The molecule has 0 bridgehead atoms. The normalized spacial score (nSPS) is 16.5. The molecule has 35 heavy (non-hydrogen) atoms. The Morgan fingerprint density at radius 1 is 1.09 bits per heavy atom. The number of fused-ring (bicyclic) bond motifs is 1. The number of nitrogens with one attached hydrogen (secondary N) is 1. The van der Waals surface area contributed by atoms with E-state index in [2.05, 4.69) is 89.5 Å². The molecule has 0 aliphatic carbocycles. The van der Waals surface area contributed by atoms with Crippen molar-refractivity contribution in [2.75, 3.05) is 6.54 Å². The van der Waals surface area contributed by atoms with E-state index in [4.69, 9.17) is 4.98 Å². The van der Waals surface area contributed by atoms with E-state index < -0.39 is 0 Å². The maximum absolute atomic E-state index is 14.0. The standard InChI is InChI=1S/C30H33N3OS/c1-17-12-26(28-31-24-11-10-22(30(5,6)7)15-25(24)32-28)33(16-17)29(34)23-14-20(4)35-27(23)21-9-8-18(2)19(3)13-21/h8-11,13-15,26H,1,12,16H2,2-7H3,(H,31,32). The van der Waals surface area contributed by atoms with Crippen molar-refractivity contribution >= 4 is 28.3 Å². The van der Waals surface area contributed by atoms with Crippen LogP contribution in [0.15, 0.2) is 54.6 Å². The highest BCUT2D eigenvalue weighted by atomic mass is 32.1. The fourth-order valence-corrected chi connectivity index (χ4v) is 5.83. The van der Waals surface area contributed by atoms with Crippen LogP contribution >= 0.6 is 11.3 Å². The number of amides is 1. The molecule has 0 radical (unpaired) electrons. The van der Waals surface area contributed by atoms with Crippen molar-refractivity contribution in [2.45, 2.75) is 59.4 Å². The van der Waals surface area contributed by atoms with Crippen molar-refractivity contribution in [3.8, 4) is 10.4 Å². The minimum atomic E-state index is -0.145. The molecule has 5 rings (SSSR count). The molecule has 2 aromatic carbocycles. The van der Waals surface area contributed by atoms with Gasteiger partial charge in [0.05, 0.1) is 22.6 Å². The molecular formula is C30H33N3OS. The van der Waals surface area contributed by atoms with Gasteiger partial charge < -0.3 is 9.88 Å². The van der Waals surface area contributed by atoms with Gasteiger partial charge in [-0.15, -0.1) is 11.3 Å². The second-order valence-electron chi connectivity index (χ2n) is 10.9. The highest BCUT2D eigenvalue weighted by molar-refractivity contribution is 7.15. The largest absolute Gasteiger partial charge is 0.340 e. The van der Waals surface area contributed by atoms with Crippen LogP contribution < -0.4 is 0 Å². The zero-order chi connectivity index (χ0) is 25.1. The Morgan fingerprint density at radius 2 is 1.86 bits per heavy atom. The van der Waals surface area contributed by atoms with Crippen molar-refractivity contribution in [1.82, 2.24) is 14.9 Å². The van der Waals surface area contributed by atoms with Crippen molar-refractivity contribution in [3.63, 3.8) is 0 Å². The lowest BCUT2D eigenvalue weighted by atomic mass is 9.87.